The summed E-state index contributed by atoms with van der Waals surface area (Å²) in [7, 11) is 0. The van der Waals surface area contributed by atoms with Gasteiger partial charge < -0.3 is 15.0 Å². The molecule has 0 bridgehead atoms. The van der Waals surface area contributed by atoms with Crippen molar-refractivity contribution in [2.75, 3.05) is 18.5 Å². The van der Waals surface area contributed by atoms with Crippen LogP contribution in [0.3, 0.4) is 0 Å². The minimum Gasteiger partial charge on any atom is -0.462 e. The van der Waals surface area contributed by atoms with E-state index in [1.807, 2.05) is 24.3 Å². The Hall–Kier alpha value is -2.53. The Labute approximate surface area is 157 Å². The van der Waals surface area contributed by atoms with Gasteiger partial charge in [-0.3, -0.25) is 0 Å². The maximum atomic E-state index is 12.7. The van der Waals surface area contributed by atoms with Gasteiger partial charge in [-0.15, -0.1) is 0 Å². The molecule has 136 valence electrons. The Balaban J connectivity index is 1.69. The molecule has 1 heterocycles. The largest absolute Gasteiger partial charge is 0.462 e. The highest BCUT2D eigenvalue weighted by molar-refractivity contribution is 6.31. The number of amides is 2. The van der Waals surface area contributed by atoms with Gasteiger partial charge in [-0.25, -0.2) is 9.59 Å². The number of carbonyl (C=O) groups is 2. The lowest BCUT2D eigenvalue weighted by Gasteiger charge is -2.26. The van der Waals surface area contributed by atoms with E-state index in [0.29, 0.717) is 29.4 Å². The highest BCUT2D eigenvalue weighted by Gasteiger charge is 2.31. The number of nitrogens with zero attached hydrogens (tertiary/aromatic N) is 1. The Morgan fingerprint density at radius 2 is 1.92 bits per heavy atom. The third-order valence-electron chi connectivity index (χ3n) is 4.43. The third kappa shape index (κ3) is 3.99. The zero-order chi connectivity index (χ0) is 18.5. The number of nitrogens with one attached hydrogen (secondary N) is 1. The van der Waals surface area contributed by atoms with E-state index >= 15 is 0 Å². The van der Waals surface area contributed by atoms with Crippen molar-refractivity contribution in [2.24, 2.45) is 0 Å². The zero-order valence-electron chi connectivity index (χ0n) is 14.6. The second-order valence-electron chi connectivity index (χ2n) is 6.10. The molecule has 1 fully saturated rings. The van der Waals surface area contributed by atoms with Gasteiger partial charge in [0.2, 0.25) is 0 Å². The number of ether oxygens (including phenoxy) is 1. The van der Waals surface area contributed by atoms with Crippen molar-refractivity contribution in [2.45, 2.75) is 25.8 Å². The number of esters is 1. The van der Waals surface area contributed by atoms with Gasteiger partial charge in [-0.05, 0) is 55.7 Å². The number of hydrogen-bond acceptors (Lipinski definition) is 3. The lowest BCUT2D eigenvalue weighted by atomic mass is 10.0. The molecule has 5 nitrogen and oxygen atoms in total. The standard InChI is InChI=1S/C20H21ClN2O3/c1-2-26-19(24)14-9-11-15(12-10-14)22-20(25)23-13-5-8-18(23)16-6-3-4-7-17(16)21/h3-4,6-7,9-12,18H,2,5,8,13H2,1H3,(H,22,25)/t18-/m1/s1. The van der Waals surface area contributed by atoms with Gasteiger partial charge >= 0.3 is 12.0 Å². The second kappa shape index (κ2) is 8.23. The molecule has 1 atom stereocenters. The smallest absolute Gasteiger partial charge is 0.338 e. The summed E-state index contributed by atoms with van der Waals surface area (Å²) in [4.78, 5) is 26.2. The summed E-state index contributed by atoms with van der Waals surface area (Å²) in [6, 6.07) is 14.1. The Morgan fingerprint density at radius 3 is 2.62 bits per heavy atom. The van der Waals surface area contributed by atoms with Crippen molar-refractivity contribution in [3.8, 4) is 0 Å². The lowest BCUT2D eigenvalue weighted by Crippen LogP contribution is -2.34. The number of carbonyl (C=O) groups excluding carboxylic acids is 2. The first-order chi connectivity index (χ1) is 12.6. The van der Waals surface area contributed by atoms with Crippen LogP contribution in [-0.2, 0) is 4.74 Å². The molecule has 2 amide bonds. The average molecular weight is 373 g/mol. The fraction of sp³-hybridized carbons (Fsp3) is 0.300. The molecule has 0 aromatic heterocycles. The number of urea groups is 1. The highest BCUT2D eigenvalue weighted by atomic mass is 35.5. The molecule has 1 aliphatic rings. The molecule has 0 unspecified atom stereocenters. The fourth-order valence-electron chi connectivity index (χ4n) is 3.18. The Bertz CT molecular complexity index is 792. The van der Waals surface area contributed by atoms with E-state index in [9.17, 15) is 9.59 Å². The number of benzene rings is 2. The minimum absolute atomic E-state index is 0.0255. The van der Waals surface area contributed by atoms with E-state index in [2.05, 4.69) is 5.32 Å². The van der Waals surface area contributed by atoms with E-state index in [1.54, 1.807) is 36.1 Å². The van der Waals surface area contributed by atoms with Crippen LogP contribution in [0.2, 0.25) is 5.02 Å². The van der Waals surface area contributed by atoms with Crippen molar-refractivity contribution >= 4 is 29.3 Å². The second-order valence-corrected chi connectivity index (χ2v) is 6.51. The SMILES string of the molecule is CCOC(=O)c1ccc(NC(=O)N2CCC[C@@H]2c2ccccc2Cl)cc1. The summed E-state index contributed by atoms with van der Waals surface area (Å²) in [5.41, 5.74) is 2.06. The Morgan fingerprint density at radius 1 is 1.19 bits per heavy atom. The molecule has 0 aliphatic carbocycles. The van der Waals surface area contributed by atoms with Crippen molar-refractivity contribution in [3.63, 3.8) is 0 Å². The quantitative estimate of drug-likeness (QED) is 0.777. The van der Waals surface area contributed by atoms with Crippen LogP contribution in [0, 0.1) is 0 Å². The number of anilines is 1. The monoisotopic (exact) mass is 372 g/mol. The molecule has 0 radical (unpaired) electrons. The molecule has 3 rings (SSSR count). The van der Waals surface area contributed by atoms with Crippen molar-refractivity contribution < 1.29 is 14.3 Å². The zero-order valence-corrected chi connectivity index (χ0v) is 15.3. The van der Waals surface area contributed by atoms with Crippen molar-refractivity contribution in [1.29, 1.82) is 0 Å². The highest BCUT2D eigenvalue weighted by Crippen LogP contribution is 2.35. The number of rotatable bonds is 4. The average Bonchev–Trinajstić information content (AvgIpc) is 3.12. The van der Waals surface area contributed by atoms with Gasteiger partial charge in [0.1, 0.15) is 0 Å². The molecule has 0 saturated carbocycles. The van der Waals surface area contributed by atoms with Gasteiger partial charge in [0.25, 0.3) is 0 Å². The number of halogens is 1. The van der Waals surface area contributed by atoms with Crippen LogP contribution in [0.25, 0.3) is 0 Å². The van der Waals surface area contributed by atoms with Crippen LogP contribution in [0.5, 0.6) is 0 Å². The van der Waals surface area contributed by atoms with Crippen LogP contribution >= 0.6 is 11.6 Å². The van der Waals surface area contributed by atoms with Crippen LogP contribution in [0.1, 0.15) is 41.7 Å². The number of likely N-dealkylation sites (tertiary alicyclic amines) is 1. The van der Waals surface area contributed by atoms with E-state index in [0.717, 1.165) is 18.4 Å². The molecule has 6 heteroatoms. The summed E-state index contributed by atoms with van der Waals surface area (Å²) >= 11 is 6.31. The van der Waals surface area contributed by atoms with Gasteiger partial charge in [0, 0.05) is 17.3 Å². The predicted octanol–water partition coefficient (Wildman–Crippen LogP) is 4.89. The first kappa shape index (κ1) is 18.3. The lowest BCUT2D eigenvalue weighted by molar-refractivity contribution is 0.0526. The van der Waals surface area contributed by atoms with Crippen molar-refractivity contribution in [1.82, 2.24) is 4.90 Å². The fourth-order valence-corrected chi connectivity index (χ4v) is 3.44. The summed E-state index contributed by atoms with van der Waals surface area (Å²) in [5.74, 6) is -0.372. The van der Waals surface area contributed by atoms with E-state index in [4.69, 9.17) is 16.3 Å². The maximum Gasteiger partial charge on any atom is 0.338 e. The van der Waals surface area contributed by atoms with Crippen LogP contribution in [-0.4, -0.2) is 30.1 Å². The van der Waals surface area contributed by atoms with Gasteiger partial charge in [0.05, 0.1) is 18.2 Å². The predicted molar refractivity (Wildman–Crippen MR) is 102 cm³/mol. The van der Waals surface area contributed by atoms with E-state index in [-0.39, 0.29) is 18.0 Å². The van der Waals surface area contributed by atoms with Gasteiger partial charge in [-0.1, -0.05) is 29.8 Å². The summed E-state index contributed by atoms with van der Waals surface area (Å²) in [6.45, 7) is 2.77. The Kier molecular flexibility index (Phi) is 5.78. The summed E-state index contributed by atoms with van der Waals surface area (Å²) in [5, 5.41) is 3.57. The third-order valence-corrected chi connectivity index (χ3v) is 4.77. The summed E-state index contributed by atoms with van der Waals surface area (Å²) in [6.07, 6.45) is 1.82. The molecule has 26 heavy (non-hydrogen) atoms. The molecule has 1 N–H and O–H groups in total. The van der Waals surface area contributed by atoms with Crippen molar-refractivity contribution in [3.05, 3.63) is 64.7 Å². The molecular formula is C20H21ClN2O3. The van der Waals surface area contributed by atoms with Gasteiger partial charge in [-0.2, -0.15) is 0 Å². The molecule has 1 saturated heterocycles. The number of hydrogen-bond donors (Lipinski definition) is 1. The normalized spacial score (nSPS) is 16.4. The minimum atomic E-state index is -0.372. The van der Waals surface area contributed by atoms with Crippen LogP contribution in [0.15, 0.2) is 48.5 Å². The molecular weight excluding hydrogens is 352 g/mol. The van der Waals surface area contributed by atoms with Crippen LogP contribution in [0.4, 0.5) is 10.5 Å². The first-order valence-corrected chi connectivity index (χ1v) is 9.07. The van der Waals surface area contributed by atoms with Crippen LogP contribution < -0.4 is 5.32 Å². The van der Waals surface area contributed by atoms with E-state index in [1.165, 1.54) is 0 Å². The summed E-state index contributed by atoms with van der Waals surface area (Å²) < 4.78 is 4.96. The molecule has 2 aromatic rings. The molecule has 2 aromatic carbocycles. The first-order valence-electron chi connectivity index (χ1n) is 8.69. The van der Waals surface area contributed by atoms with E-state index < -0.39 is 0 Å². The molecule has 0 spiro atoms. The molecule has 1 aliphatic heterocycles. The van der Waals surface area contributed by atoms with Gasteiger partial charge in [0.15, 0.2) is 0 Å². The maximum absolute atomic E-state index is 12.7. The topological polar surface area (TPSA) is 58.6 Å².